The molecule has 0 unspecified atom stereocenters. The van der Waals surface area contributed by atoms with E-state index in [-0.39, 0.29) is 5.91 Å². The van der Waals surface area contributed by atoms with Gasteiger partial charge in [-0.15, -0.1) is 0 Å². The summed E-state index contributed by atoms with van der Waals surface area (Å²) in [5.74, 6) is -0.314. The molecule has 102 valence electrons. The third kappa shape index (κ3) is 2.81. The van der Waals surface area contributed by atoms with Crippen LogP contribution in [0.5, 0.6) is 0 Å². The van der Waals surface area contributed by atoms with Crippen molar-refractivity contribution in [1.29, 1.82) is 5.26 Å². The van der Waals surface area contributed by atoms with Crippen molar-refractivity contribution in [3.05, 3.63) is 46.2 Å². The molecule has 0 aliphatic carbocycles. The molecular weight excluding hydrogens is 276 g/mol. The van der Waals surface area contributed by atoms with Gasteiger partial charge in [-0.05, 0) is 38.1 Å². The number of rotatable bonds is 3. The fraction of sp³-hybridized carbons (Fsp3) is 0.214. The molecule has 0 saturated carbocycles. The number of nitrogens with one attached hydrogen (secondary N) is 1. The van der Waals surface area contributed by atoms with Gasteiger partial charge in [0.05, 0.1) is 16.9 Å². The SMILES string of the molecule is CCn1nc(C)cc1C(=O)Nc1cc(Cl)ccc1C#N. The summed E-state index contributed by atoms with van der Waals surface area (Å²) in [6, 6.07) is 8.45. The highest BCUT2D eigenvalue weighted by Gasteiger charge is 2.15. The Labute approximate surface area is 121 Å². The maximum atomic E-state index is 12.3. The first kappa shape index (κ1) is 14.1. The maximum Gasteiger partial charge on any atom is 0.273 e. The number of benzene rings is 1. The summed E-state index contributed by atoms with van der Waals surface area (Å²) in [5.41, 5.74) is 1.98. The molecule has 0 fully saturated rings. The molecule has 1 aromatic heterocycles. The van der Waals surface area contributed by atoms with E-state index < -0.39 is 0 Å². The van der Waals surface area contributed by atoms with Gasteiger partial charge >= 0.3 is 0 Å². The van der Waals surface area contributed by atoms with E-state index in [0.717, 1.165) is 5.69 Å². The first-order chi connectivity index (χ1) is 9.55. The smallest absolute Gasteiger partial charge is 0.273 e. The predicted octanol–water partition coefficient (Wildman–Crippen LogP) is 2.99. The third-order valence-electron chi connectivity index (χ3n) is 2.78. The summed E-state index contributed by atoms with van der Waals surface area (Å²) in [7, 11) is 0. The van der Waals surface area contributed by atoms with Crippen LogP contribution in [-0.4, -0.2) is 15.7 Å². The van der Waals surface area contributed by atoms with Crippen molar-refractivity contribution in [3.63, 3.8) is 0 Å². The zero-order valence-corrected chi connectivity index (χ0v) is 11.9. The molecule has 1 heterocycles. The lowest BCUT2D eigenvalue weighted by Gasteiger charge is -2.08. The van der Waals surface area contributed by atoms with Gasteiger partial charge in [0.15, 0.2) is 0 Å². The molecule has 1 amide bonds. The quantitative estimate of drug-likeness (QED) is 0.944. The topological polar surface area (TPSA) is 70.7 Å². The van der Waals surface area contributed by atoms with Gasteiger partial charge < -0.3 is 5.32 Å². The molecule has 1 N–H and O–H groups in total. The molecule has 1 aromatic carbocycles. The van der Waals surface area contributed by atoms with Gasteiger partial charge in [-0.2, -0.15) is 10.4 Å². The number of hydrogen-bond acceptors (Lipinski definition) is 3. The molecule has 0 bridgehead atoms. The Morgan fingerprint density at radius 2 is 2.25 bits per heavy atom. The van der Waals surface area contributed by atoms with Gasteiger partial charge in [-0.3, -0.25) is 9.48 Å². The minimum absolute atomic E-state index is 0.314. The Morgan fingerprint density at radius 1 is 1.50 bits per heavy atom. The van der Waals surface area contributed by atoms with Crippen molar-refractivity contribution >= 4 is 23.2 Å². The number of carbonyl (C=O) groups excluding carboxylic acids is 1. The van der Waals surface area contributed by atoms with Gasteiger partial charge in [0.25, 0.3) is 5.91 Å². The number of hydrogen-bond donors (Lipinski definition) is 1. The summed E-state index contributed by atoms with van der Waals surface area (Å²) >= 11 is 5.89. The molecule has 0 atom stereocenters. The van der Waals surface area contributed by atoms with Crippen molar-refractivity contribution in [2.45, 2.75) is 20.4 Å². The number of aromatic nitrogens is 2. The predicted molar refractivity (Wildman–Crippen MR) is 76.8 cm³/mol. The average molecular weight is 289 g/mol. The van der Waals surface area contributed by atoms with Crippen molar-refractivity contribution in [2.24, 2.45) is 0 Å². The van der Waals surface area contributed by atoms with Crippen LogP contribution < -0.4 is 5.32 Å². The molecule has 2 rings (SSSR count). The number of anilines is 1. The second-order valence-electron chi connectivity index (χ2n) is 4.24. The van der Waals surface area contributed by atoms with E-state index in [2.05, 4.69) is 10.4 Å². The maximum absolute atomic E-state index is 12.3. The van der Waals surface area contributed by atoms with Crippen LogP contribution in [0.15, 0.2) is 24.3 Å². The molecule has 5 nitrogen and oxygen atoms in total. The summed E-state index contributed by atoms with van der Waals surface area (Å²) in [4.78, 5) is 12.3. The van der Waals surface area contributed by atoms with E-state index in [1.54, 1.807) is 28.9 Å². The largest absolute Gasteiger partial charge is 0.319 e. The lowest BCUT2D eigenvalue weighted by Crippen LogP contribution is -2.18. The monoisotopic (exact) mass is 288 g/mol. The molecule has 0 spiro atoms. The lowest BCUT2D eigenvalue weighted by atomic mass is 10.2. The van der Waals surface area contributed by atoms with Crippen LogP contribution in [0.25, 0.3) is 0 Å². The summed E-state index contributed by atoms with van der Waals surface area (Å²) in [6.07, 6.45) is 0. The summed E-state index contributed by atoms with van der Waals surface area (Å²) in [5, 5.41) is 16.4. The first-order valence-electron chi connectivity index (χ1n) is 6.10. The Kier molecular flexibility index (Phi) is 4.06. The third-order valence-corrected chi connectivity index (χ3v) is 3.02. The van der Waals surface area contributed by atoms with Gasteiger partial charge in [0, 0.05) is 11.6 Å². The fourth-order valence-electron chi connectivity index (χ4n) is 1.87. The number of nitriles is 1. The fourth-order valence-corrected chi connectivity index (χ4v) is 2.05. The van der Waals surface area contributed by atoms with Crippen LogP contribution >= 0.6 is 11.6 Å². The van der Waals surface area contributed by atoms with Crippen LogP contribution in [0, 0.1) is 18.3 Å². The Balaban J connectivity index is 2.32. The second kappa shape index (κ2) is 5.76. The minimum Gasteiger partial charge on any atom is -0.319 e. The Bertz CT molecular complexity index is 700. The van der Waals surface area contributed by atoms with Gasteiger partial charge in [-0.1, -0.05) is 11.6 Å². The van der Waals surface area contributed by atoms with E-state index in [1.165, 1.54) is 0 Å². The average Bonchev–Trinajstić information content (AvgIpc) is 2.80. The van der Waals surface area contributed by atoms with Crippen LogP contribution in [0.2, 0.25) is 5.02 Å². The van der Waals surface area contributed by atoms with Gasteiger partial charge in [0.1, 0.15) is 11.8 Å². The van der Waals surface area contributed by atoms with Crippen molar-refractivity contribution < 1.29 is 4.79 Å². The van der Waals surface area contributed by atoms with Crippen LogP contribution in [0.1, 0.15) is 28.7 Å². The lowest BCUT2D eigenvalue weighted by molar-refractivity contribution is 0.101. The van der Waals surface area contributed by atoms with E-state index in [0.29, 0.717) is 28.5 Å². The first-order valence-corrected chi connectivity index (χ1v) is 6.48. The van der Waals surface area contributed by atoms with Crippen LogP contribution in [-0.2, 0) is 6.54 Å². The standard InChI is InChI=1S/C14H13ClN4O/c1-3-19-13(6-9(2)18-19)14(20)17-12-7-11(15)5-4-10(12)8-16/h4-7H,3H2,1-2H3,(H,17,20). The normalized spacial score (nSPS) is 10.1. The number of amides is 1. The van der Waals surface area contributed by atoms with Crippen molar-refractivity contribution in [1.82, 2.24) is 9.78 Å². The minimum atomic E-state index is -0.314. The molecule has 20 heavy (non-hydrogen) atoms. The van der Waals surface area contributed by atoms with E-state index in [4.69, 9.17) is 16.9 Å². The van der Waals surface area contributed by atoms with E-state index in [9.17, 15) is 4.79 Å². The van der Waals surface area contributed by atoms with Crippen molar-refractivity contribution in [2.75, 3.05) is 5.32 Å². The summed E-state index contributed by atoms with van der Waals surface area (Å²) in [6.45, 7) is 4.32. The highest BCUT2D eigenvalue weighted by atomic mass is 35.5. The zero-order chi connectivity index (χ0) is 14.7. The van der Waals surface area contributed by atoms with Gasteiger partial charge in [0.2, 0.25) is 0 Å². The number of nitrogens with zero attached hydrogens (tertiary/aromatic N) is 3. The molecule has 6 heteroatoms. The van der Waals surface area contributed by atoms with E-state index >= 15 is 0 Å². The number of carbonyl (C=O) groups is 1. The van der Waals surface area contributed by atoms with Crippen LogP contribution in [0.4, 0.5) is 5.69 Å². The van der Waals surface area contributed by atoms with Crippen molar-refractivity contribution in [3.8, 4) is 6.07 Å². The number of aryl methyl sites for hydroxylation is 2. The summed E-state index contributed by atoms with van der Waals surface area (Å²) < 4.78 is 1.61. The molecular formula is C14H13ClN4O. The zero-order valence-electron chi connectivity index (χ0n) is 11.1. The molecule has 0 radical (unpaired) electrons. The van der Waals surface area contributed by atoms with Crippen LogP contribution in [0.3, 0.4) is 0 Å². The highest BCUT2D eigenvalue weighted by molar-refractivity contribution is 6.31. The van der Waals surface area contributed by atoms with Gasteiger partial charge in [-0.25, -0.2) is 0 Å². The molecule has 2 aromatic rings. The Hall–Kier alpha value is -2.32. The molecule has 0 saturated heterocycles. The molecule has 0 aliphatic rings. The highest BCUT2D eigenvalue weighted by Crippen LogP contribution is 2.21. The van der Waals surface area contributed by atoms with E-state index in [1.807, 2.05) is 19.9 Å². The Morgan fingerprint density at radius 3 is 2.90 bits per heavy atom. The number of halogens is 1. The second-order valence-corrected chi connectivity index (χ2v) is 4.68. The molecule has 0 aliphatic heterocycles.